The van der Waals surface area contributed by atoms with Crippen LogP contribution in [0.2, 0.25) is 0 Å². The van der Waals surface area contributed by atoms with Gasteiger partial charge in [-0.2, -0.15) is 0 Å². The van der Waals surface area contributed by atoms with Crippen LogP contribution < -0.4 is 14.8 Å². The molecule has 1 N–H and O–H groups in total. The minimum Gasteiger partial charge on any atom is -0.454 e. The van der Waals surface area contributed by atoms with Gasteiger partial charge >= 0.3 is 0 Å². The summed E-state index contributed by atoms with van der Waals surface area (Å²) in [6, 6.07) is 14.6. The lowest BCUT2D eigenvalue weighted by Crippen LogP contribution is -2.52. The molecule has 2 aliphatic rings. The standard InChI is InChI=1S/C31H34N4O4S/c1-20-9-7-8-12-24(20)17-35(28(36)18-40-31-32-21(2)15-22(3)33-31)29(23-10-5-4-6-11-23)30(37)34-25-13-14-26-27(16-25)39-19-38-26/h4-5,7-9,12-16,23,29H,6,10-11,17-19H2,1-3H3,(H,34,37)/t23-,29-/m1/s1. The zero-order valence-corrected chi connectivity index (χ0v) is 23.9. The summed E-state index contributed by atoms with van der Waals surface area (Å²) < 4.78 is 10.9. The molecule has 0 saturated heterocycles. The van der Waals surface area contributed by atoms with Crippen molar-refractivity contribution in [1.82, 2.24) is 14.9 Å². The number of thioether (sulfide) groups is 1. The molecule has 1 aromatic heterocycles. The summed E-state index contributed by atoms with van der Waals surface area (Å²) >= 11 is 1.30. The van der Waals surface area contributed by atoms with Crippen molar-refractivity contribution in [2.75, 3.05) is 17.9 Å². The Morgan fingerprint density at radius 1 is 1.02 bits per heavy atom. The fourth-order valence-corrected chi connectivity index (χ4v) is 6.02. The van der Waals surface area contributed by atoms with E-state index in [2.05, 4.69) is 27.4 Å². The van der Waals surface area contributed by atoms with Crippen LogP contribution in [0.5, 0.6) is 11.5 Å². The monoisotopic (exact) mass is 558 g/mol. The number of amides is 2. The Bertz CT molecular complexity index is 1410. The fourth-order valence-electron chi connectivity index (χ4n) is 5.18. The molecule has 5 rings (SSSR count). The highest BCUT2D eigenvalue weighted by Crippen LogP contribution is 2.35. The Morgan fingerprint density at radius 3 is 2.55 bits per heavy atom. The van der Waals surface area contributed by atoms with Crippen molar-refractivity contribution in [3.63, 3.8) is 0 Å². The number of hydrogen-bond donors (Lipinski definition) is 1. The number of carbonyl (C=O) groups is 2. The molecule has 208 valence electrons. The van der Waals surface area contributed by atoms with E-state index in [0.717, 1.165) is 41.8 Å². The van der Waals surface area contributed by atoms with Crippen LogP contribution in [0.15, 0.2) is 65.8 Å². The van der Waals surface area contributed by atoms with E-state index >= 15 is 0 Å². The molecule has 0 fully saturated rings. The number of aryl methyl sites for hydroxylation is 3. The first-order valence-corrected chi connectivity index (χ1v) is 14.5. The summed E-state index contributed by atoms with van der Waals surface area (Å²) in [5.74, 6) is 1.01. The molecule has 9 heteroatoms. The second kappa shape index (κ2) is 12.6. The number of nitrogens with one attached hydrogen (secondary N) is 1. The molecule has 0 spiro atoms. The van der Waals surface area contributed by atoms with Crippen molar-refractivity contribution in [2.24, 2.45) is 5.92 Å². The molecule has 1 aliphatic carbocycles. The predicted molar refractivity (Wildman–Crippen MR) is 155 cm³/mol. The quantitative estimate of drug-likeness (QED) is 0.207. The van der Waals surface area contributed by atoms with Crippen LogP contribution in [0.4, 0.5) is 5.69 Å². The number of rotatable bonds is 9. The Labute approximate surface area is 239 Å². The zero-order chi connectivity index (χ0) is 28.1. The molecule has 0 saturated carbocycles. The van der Waals surface area contributed by atoms with E-state index in [9.17, 15) is 9.59 Å². The molecular weight excluding hydrogens is 524 g/mol. The number of aromatic nitrogens is 2. The van der Waals surface area contributed by atoms with Crippen molar-refractivity contribution in [2.45, 2.75) is 57.8 Å². The first kappa shape index (κ1) is 27.7. The van der Waals surface area contributed by atoms with Crippen LogP contribution in [0.3, 0.4) is 0 Å². The first-order chi connectivity index (χ1) is 19.4. The molecular formula is C31H34N4O4S. The van der Waals surface area contributed by atoms with E-state index < -0.39 is 6.04 Å². The van der Waals surface area contributed by atoms with Gasteiger partial charge in [-0.15, -0.1) is 0 Å². The third kappa shape index (κ3) is 6.65. The van der Waals surface area contributed by atoms with Gasteiger partial charge in [0.05, 0.1) is 5.75 Å². The van der Waals surface area contributed by atoms with Gasteiger partial charge in [0.2, 0.25) is 18.6 Å². The van der Waals surface area contributed by atoms with Crippen molar-refractivity contribution >= 4 is 29.3 Å². The molecule has 2 aromatic carbocycles. The number of hydrogen-bond acceptors (Lipinski definition) is 7. The van der Waals surface area contributed by atoms with Crippen LogP contribution in [0.25, 0.3) is 0 Å². The lowest BCUT2D eigenvalue weighted by molar-refractivity contribution is -0.139. The third-order valence-electron chi connectivity index (χ3n) is 7.21. The average molecular weight is 559 g/mol. The molecule has 2 atom stereocenters. The van der Waals surface area contributed by atoms with E-state index in [0.29, 0.717) is 28.9 Å². The van der Waals surface area contributed by atoms with E-state index in [-0.39, 0.29) is 30.3 Å². The van der Waals surface area contributed by atoms with Crippen molar-refractivity contribution in [3.8, 4) is 11.5 Å². The van der Waals surface area contributed by atoms with Crippen molar-refractivity contribution in [1.29, 1.82) is 0 Å². The van der Waals surface area contributed by atoms with Gasteiger partial charge in [-0.05, 0) is 75.3 Å². The Kier molecular flexibility index (Phi) is 8.69. The maximum atomic E-state index is 14.1. The van der Waals surface area contributed by atoms with Crippen molar-refractivity contribution in [3.05, 3.63) is 83.2 Å². The van der Waals surface area contributed by atoms with Gasteiger partial charge in [-0.25, -0.2) is 9.97 Å². The molecule has 1 aliphatic heterocycles. The van der Waals surface area contributed by atoms with Gasteiger partial charge < -0.3 is 19.7 Å². The summed E-state index contributed by atoms with van der Waals surface area (Å²) in [4.78, 5) is 38.8. The number of allylic oxidation sites excluding steroid dienone is 2. The molecule has 0 unspecified atom stereocenters. The lowest BCUT2D eigenvalue weighted by atomic mass is 9.85. The largest absolute Gasteiger partial charge is 0.454 e. The molecule has 0 bridgehead atoms. The molecule has 2 heterocycles. The molecule has 3 aromatic rings. The molecule has 0 radical (unpaired) electrons. The molecule has 40 heavy (non-hydrogen) atoms. The summed E-state index contributed by atoms with van der Waals surface area (Å²) in [5.41, 5.74) is 4.40. The van der Waals surface area contributed by atoms with Gasteiger partial charge in [-0.1, -0.05) is 48.2 Å². The van der Waals surface area contributed by atoms with Crippen LogP contribution in [-0.4, -0.2) is 45.3 Å². The van der Waals surface area contributed by atoms with Crippen molar-refractivity contribution < 1.29 is 19.1 Å². The minimum absolute atomic E-state index is 0.0190. The highest BCUT2D eigenvalue weighted by molar-refractivity contribution is 7.99. The van der Waals surface area contributed by atoms with E-state index in [4.69, 9.17) is 9.47 Å². The highest BCUT2D eigenvalue weighted by Gasteiger charge is 2.37. The van der Waals surface area contributed by atoms with E-state index in [1.807, 2.05) is 51.1 Å². The van der Waals surface area contributed by atoms with Gasteiger partial charge in [0.1, 0.15) is 6.04 Å². The summed E-state index contributed by atoms with van der Waals surface area (Å²) in [6.45, 7) is 6.35. The van der Waals surface area contributed by atoms with Gasteiger partial charge in [0, 0.05) is 29.7 Å². The van der Waals surface area contributed by atoms with E-state index in [1.54, 1.807) is 23.1 Å². The van der Waals surface area contributed by atoms with Crippen LogP contribution in [-0.2, 0) is 16.1 Å². The Balaban J connectivity index is 1.45. The van der Waals surface area contributed by atoms with Gasteiger partial charge in [0.25, 0.3) is 0 Å². The maximum absolute atomic E-state index is 14.1. The Morgan fingerprint density at radius 2 is 1.80 bits per heavy atom. The minimum atomic E-state index is -0.664. The topological polar surface area (TPSA) is 93.7 Å². The first-order valence-electron chi connectivity index (χ1n) is 13.5. The second-order valence-electron chi connectivity index (χ2n) is 10.2. The number of nitrogens with zero attached hydrogens (tertiary/aromatic N) is 3. The smallest absolute Gasteiger partial charge is 0.247 e. The fraction of sp³-hybridized carbons (Fsp3) is 0.355. The number of benzene rings is 2. The van der Waals surface area contributed by atoms with Crippen LogP contribution in [0.1, 0.15) is 41.8 Å². The predicted octanol–water partition coefficient (Wildman–Crippen LogP) is 5.62. The maximum Gasteiger partial charge on any atom is 0.247 e. The zero-order valence-electron chi connectivity index (χ0n) is 23.1. The lowest BCUT2D eigenvalue weighted by Gasteiger charge is -2.37. The normalized spacial score (nSPS) is 16.4. The number of anilines is 1. The Hall–Kier alpha value is -3.85. The average Bonchev–Trinajstić information content (AvgIpc) is 3.40. The summed E-state index contributed by atoms with van der Waals surface area (Å²) in [7, 11) is 0. The number of fused-ring (bicyclic) bond motifs is 1. The molecule has 2 amide bonds. The molecule has 8 nitrogen and oxygen atoms in total. The van der Waals surface area contributed by atoms with Crippen LogP contribution >= 0.6 is 11.8 Å². The van der Waals surface area contributed by atoms with Gasteiger partial charge in [-0.3, -0.25) is 9.59 Å². The number of ether oxygens (including phenoxy) is 2. The third-order valence-corrected chi connectivity index (χ3v) is 8.04. The summed E-state index contributed by atoms with van der Waals surface area (Å²) in [6.07, 6.45) is 6.67. The highest BCUT2D eigenvalue weighted by atomic mass is 32.2. The van der Waals surface area contributed by atoms with Gasteiger partial charge in [0.15, 0.2) is 16.7 Å². The van der Waals surface area contributed by atoms with Crippen LogP contribution in [0, 0.1) is 26.7 Å². The van der Waals surface area contributed by atoms with E-state index in [1.165, 1.54) is 11.8 Å². The second-order valence-corrected chi connectivity index (χ2v) is 11.2. The SMILES string of the molecule is Cc1cc(C)nc(SCC(=O)N(Cc2ccccc2C)[C@@H](C(=O)Nc2ccc3c(c2)OCO3)[C@@H]2CC=CCC2)n1. The number of carbonyl (C=O) groups excluding carboxylic acids is 2. The summed E-state index contributed by atoms with van der Waals surface area (Å²) in [5, 5.41) is 3.63.